The fraction of sp³-hybridized carbons (Fsp3) is 1.00. The first-order valence-corrected chi connectivity index (χ1v) is 8.35. The van der Waals surface area contributed by atoms with Gasteiger partial charge in [-0.2, -0.15) is 0 Å². The van der Waals surface area contributed by atoms with Crippen molar-refractivity contribution >= 4 is 0 Å². The van der Waals surface area contributed by atoms with Gasteiger partial charge in [-0.3, -0.25) is 0 Å². The number of piperidine rings is 1. The molecule has 2 saturated heterocycles. The van der Waals surface area contributed by atoms with E-state index in [1.165, 1.54) is 51.6 Å². The molecule has 0 radical (unpaired) electrons. The van der Waals surface area contributed by atoms with Crippen molar-refractivity contribution < 1.29 is 4.74 Å². The van der Waals surface area contributed by atoms with E-state index in [0.717, 1.165) is 25.2 Å². The van der Waals surface area contributed by atoms with Crippen LogP contribution in [0.15, 0.2) is 0 Å². The summed E-state index contributed by atoms with van der Waals surface area (Å²) in [5.74, 6) is 0.940. The van der Waals surface area contributed by atoms with E-state index in [4.69, 9.17) is 4.74 Å². The summed E-state index contributed by atoms with van der Waals surface area (Å²) in [4.78, 5) is 2.67. The molecule has 0 bridgehead atoms. The van der Waals surface area contributed by atoms with Gasteiger partial charge in [0.2, 0.25) is 0 Å². The van der Waals surface area contributed by atoms with E-state index in [-0.39, 0.29) is 0 Å². The molecule has 2 aliphatic heterocycles. The Morgan fingerprint density at radius 3 is 2.00 bits per heavy atom. The van der Waals surface area contributed by atoms with Crippen molar-refractivity contribution in [1.82, 2.24) is 4.90 Å². The molecule has 0 atom stereocenters. The molecular formula is C17H31NO. The summed E-state index contributed by atoms with van der Waals surface area (Å²) in [6.07, 6.45) is 8.79. The zero-order valence-corrected chi connectivity index (χ0v) is 13.1. The summed E-state index contributed by atoms with van der Waals surface area (Å²) in [7, 11) is 0. The molecule has 1 aliphatic carbocycles. The summed E-state index contributed by atoms with van der Waals surface area (Å²) in [6.45, 7) is 11.8. The highest BCUT2D eigenvalue weighted by molar-refractivity contribution is 4.96. The molecule has 3 aliphatic rings. The Hall–Kier alpha value is -0.0800. The molecular weight excluding hydrogens is 234 g/mol. The van der Waals surface area contributed by atoms with Crippen molar-refractivity contribution in [3.63, 3.8) is 0 Å². The molecule has 1 saturated carbocycles. The standard InChI is InChI=1S/C17H31NO/c1-14(2)18-10-8-17(9-11-18)6-4-15(5-7-17)16(3)12-19-13-16/h14-15H,4-13H2,1-3H3. The molecule has 2 nitrogen and oxygen atoms in total. The van der Waals surface area contributed by atoms with Gasteiger partial charge in [0.1, 0.15) is 0 Å². The van der Waals surface area contributed by atoms with Crippen LogP contribution < -0.4 is 0 Å². The Morgan fingerprint density at radius 1 is 1.00 bits per heavy atom. The molecule has 3 fully saturated rings. The maximum atomic E-state index is 5.46. The fourth-order valence-corrected chi connectivity index (χ4v) is 4.60. The Balaban J connectivity index is 1.53. The van der Waals surface area contributed by atoms with Crippen molar-refractivity contribution in [1.29, 1.82) is 0 Å². The van der Waals surface area contributed by atoms with Crippen molar-refractivity contribution in [2.45, 2.75) is 65.3 Å². The average molecular weight is 265 g/mol. The summed E-state index contributed by atoms with van der Waals surface area (Å²) in [6, 6.07) is 0.736. The first kappa shape index (κ1) is 13.9. The van der Waals surface area contributed by atoms with Crippen molar-refractivity contribution in [2.75, 3.05) is 26.3 Å². The van der Waals surface area contributed by atoms with E-state index >= 15 is 0 Å². The number of nitrogens with zero attached hydrogens (tertiary/aromatic N) is 1. The van der Waals surface area contributed by atoms with Gasteiger partial charge in [0.25, 0.3) is 0 Å². The molecule has 1 spiro atoms. The Kier molecular flexibility index (Phi) is 3.68. The minimum Gasteiger partial charge on any atom is -0.380 e. The monoisotopic (exact) mass is 265 g/mol. The van der Waals surface area contributed by atoms with Crippen molar-refractivity contribution in [3.05, 3.63) is 0 Å². The maximum Gasteiger partial charge on any atom is 0.0544 e. The third kappa shape index (κ3) is 2.58. The lowest BCUT2D eigenvalue weighted by atomic mass is 9.59. The van der Waals surface area contributed by atoms with Crippen LogP contribution in [-0.4, -0.2) is 37.2 Å². The Labute approximate surface area is 118 Å². The van der Waals surface area contributed by atoms with Crippen molar-refractivity contribution in [3.8, 4) is 0 Å². The Bertz CT molecular complexity index is 303. The van der Waals surface area contributed by atoms with E-state index in [9.17, 15) is 0 Å². The van der Waals surface area contributed by atoms with E-state index < -0.39 is 0 Å². The van der Waals surface area contributed by atoms with Crippen LogP contribution in [0.5, 0.6) is 0 Å². The van der Waals surface area contributed by atoms with Gasteiger partial charge >= 0.3 is 0 Å². The summed E-state index contributed by atoms with van der Waals surface area (Å²) in [5.41, 5.74) is 1.24. The number of hydrogen-bond acceptors (Lipinski definition) is 2. The van der Waals surface area contributed by atoms with Gasteiger partial charge in [-0.25, -0.2) is 0 Å². The lowest BCUT2D eigenvalue weighted by Crippen LogP contribution is -2.50. The van der Waals surface area contributed by atoms with Crippen LogP contribution in [0, 0.1) is 16.7 Å². The van der Waals surface area contributed by atoms with Crippen LogP contribution in [0.1, 0.15) is 59.3 Å². The third-order valence-electron chi connectivity index (χ3n) is 6.48. The maximum absolute atomic E-state index is 5.46. The van der Waals surface area contributed by atoms with Crippen LogP contribution in [0.25, 0.3) is 0 Å². The largest absolute Gasteiger partial charge is 0.380 e. The predicted octanol–water partition coefficient (Wildman–Crippen LogP) is 3.70. The van der Waals surface area contributed by atoms with Gasteiger partial charge in [-0.05, 0) is 76.8 Å². The van der Waals surface area contributed by atoms with Gasteiger partial charge in [-0.15, -0.1) is 0 Å². The minimum absolute atomic E-state index is 0.528. The van der Waals surface area contributed by atoms with Crippen molar-refractivity contribution in [2.24, 2.45) is 16.7 Å². The molecule has 0 N–H and O–H groups in total. The minimum atomic E-state index is 0.528. The zero-order chi connectivity index (χ0) is 13.5. The van der Waals surface area contributed by atoms with Crippen LogP contribution in [0.2, 0.25) is 0 Å². The smallest absolute Gasteiger partial charge is 0.0544 e. The van der Waals surface area contributed by atoms with E-state index in [1.807, 2.05) is 0 Å². The number of likely N-dealkylation sites (tertiary alicyclic amines) is 1. The number of hydrogen-bond donors (Lipinski definition) is 0. The summed E-state index contributed by atoms with van der Waals surface area (Å²) in [5, 5.41) is 0. The molecule has 0 aromatic heterocycles. The lowest BCUT2D eigenvalue weighted by molar-refractivity contribution is -0.148. The van der Waals surface area contributed by atoms with Gasteiger partial charge in [0, 0.05) is 11.5 Å². The number of ether oxygens (including phenoxy) is 1. The summed E-state index contributed by atoms with van der Waals surface area (Å²) >= 11 is 0. The highest BCUT2D eigenvalue weighted by atomic mass is 16.5. The van der Waals surface area contributed by atoms with Gasteiger partial charge in [0.15, 0.2) is 0 Å². The molecule has 0 unspecified atom stereocenters. The third-order valence-corrected chi connectivity index (χ3v) is 6.48. The second-order valence-electron chi connectivity index (χ2n) is 8.05. The van der Waals surface area contributed by atoms with Crippen LogP contribution in [0.3, 0.4) is 0 Å². The Morgan fingerprint density at radius 2 is 1.58 bits per heavy atom. The molecule has 0 aromatic carbocycles. The van der Waals surface area contributed by atoms with Gasteiger partial charge in [-0.1, -0.05) is 6.92 Å². The van der Waals surface area contributed by atoms with Gasteiger partial charge in [0.05, 0.1) is 13.2 Å². The highest BCUT2D eigenvalue weighted by Crippen LogP contribution is 2.52. The van der Waals surface area contributed by atoms with Crippen LogP contribution >= 0.6 is 0 Å². The van der Waals surface area contributed by atoms with E-state index in [2.05, 4.69) is 25.7 Å². The normalized spacial score (nSPS) is 31.6. The quantitative estimate of drug-likeness (QED) is 0.755. The fourth-order valence-electron chi connectivity index (χ4n) is 4.60. The SMILES string of the molecule is CC(C)N1CCC2(CCC(C3(C)COC3)CC2)CC1. The molecule has 110 valence electrons. The van der Waals surface area contributed by atoms with E-state index in [1.54, 1.807) is 0 Å². The molecule has 19 heavy (non-hydrogen) atoms. The van der Waals surface area contributed by atoms with E-state index in [0.29, 0.717) is 10.8 Å². The molecule has 3 rings (SSSR count). The lowest BCUT2D eigenvalue weighted by Gasteiger charge is -2.52. The van der Waals surface area contributed by atoms with Crippen LogP contribution in [-0.2, 0) is 4.74 Å². The average Bonchev–Trinajstić information content (AvgIpc) is 2.37. The summed E-state index contributed by atoms with van der Waals surface area (Å²) < 4.78 is 5.46. The first-order valence-electron chi connectivity index (χ1n) is 8.35. The zero-order valence-electron chi connectivity index (χ0n) is 13.1. The number of rotatable bonds is 2. The predicted molar refractivity (Wildman–Crippen MR) is 79.3 cm³/mol. The second kappa shape index (κ2) is 5.04. The topological polar surface area (TPSA) is 12.5 Å². The molecule has 0 amide bonds. The molecule has 2 heteroatoms. The highest BCUT2D eigenvalue weighted by Gasteiger charge is 2.46. The first-order chi connectivity index (χ1) is 9.03. The molecule has 0 aromatic rings. The second-order valence-corrected chi connectivity index (χ2v) is 8.05. The molecule has 2 heterocycles. The van der Waals surface area contributed by atoms with Crippen LogP contribution in [0.4, 0.5) is 0 Å². The van der Waals surface area contributed by atoms with Gasteiger partial charge < -0.3 is 9.64 Å².